The van der Waals surface area contributed by atoms with Gasteiger partial charge in [0.15, 0.2) is 0 Å². The maximum absolute atomic E-state index is 14.1. The molecule has 2 atom stereocenters. The average Bonchev–Trinajstić information content (AvgIpc) is 3.06. The molecule has 1 aliphatic heterocycles. The zero-order valence-corrected chi connectivity index (χ0v) is 19.0. The summed E-state index contributed by atoms with van der Waals surface area (Å²) in [7, 11) is -3.52. The molecule has 1 aromatic carbocycles. The number of rotatable bonds is 8. The van der Waals surface area contributed by atoms with Crippen LogP contribution >= 0.6 is 0 Å². The van der Waals surface area contributed by atoms with Crippen molar-refractivity contribution in [3.63, 3.8) is 0 Å². The molecule has 2 saturated carbocycles. The lowest BCUT2D eigenvalue weighted by Gasteiger charge is -2.33. The van der Waals surface area contributed by atoms with E-state index >= 15 is 0 Å². The van der Waals surface area contributed by atoms with Crippen LogP contribution in [0.25, 0.3) is 0 Å². The van der Waals surface area contributed by atoms with Gasteiger partial charge in [-0.25, -0.2) is 12.8 Å². The second-order valence-corrected chi connectivity index (χ2v) is 11.6. The maximum atomic E-state index is 14.1. The number of nitrogens with zero attached hydrogens (tertiary/aromatic N) is 1. The summed E-state index contributed by atoms with van der Waals surface area (Å²) in [4.78, 5) is 2.51. The van der Waals surface area contributed by atoms with Crippen molar-refractivity contribution < 1.29 is 17.9 Å². The Morgan fingerprint density at radius 1 is 1.20 bits per heavy atom. The lowest BCUT2D eigenvalue weighted by atomic mass is 9.81. The number of likely N-dealkylation sites (tertiary alicyclic amines) is 1. The van der Waals surface area contributed by atoms with Gasteiger partial charge in [-0.15, -0.1) is 0 Å². The van der Waals surface area contributed by atoms with Gasteiger partial charge in [-0.3, -0.25) is 4.72 Å². The third-order valence-electron chi connectivity index (χ3n) is 7.89. The number of piperidine rings is 1. The van der Waals surface area contributed by atoms with E-state index in [-0.39, 0.29) is 11.1 Å². The standard InChI is InChI=1S/C23H35FN2O3S/c1-3-23(17-8-9-20(24)21(14-17)25-30(2,28)29)18-15-26(16-19(18)23)13-7-12-22(27)10-5-4-6-11-22/h8-9,14,18-19,25,27H,3-7,10-13,15-16H2,1-2H3. The molecule has 3 aliphatic rings. The normalized spacial score (nSPS) is 30.8. The molecule has 0 amide bonds. The molecule has 0 bridgehead atoms. The van der Waals surface area contributed by atoms with Crippen molar-refractivity contribution in [1.29, 1.82) is 0 Å². The van der Waals surface area contributed by atoms with Gasteiger partial charge in [0, 0.05) is 18.5 Å². The molecular formula is C23H35FN2O3S. The minimum atomic E-state index is -3.52. The van der Waals surface area contributed by atoms with Crippen molar-refractivity contribution >= 4 is 15.7 Å². The van der Waals surface area contributed by atoms with Gasteiger partial charge in [0.2, 0.25) is 10.0 Å². The smallest absolute Gasteiger partial charge is 0.229 e. The van der Waals surface area contributed by atoms with Gasteiger partial charge in [0.1, 0.15) is 5.82 Å². The molecule has 3 fully saturated rings. The first-order valence-corrected chi connectivity index (χ1v) is 13.3. The molecule has 0 radical (unpaired) electrons. The second-order valence-electron chi connectivity index (χ2n) is 9.82. The summed E-state index contributed by atoms with van der Waals surface area (Å²) in [5.41, 5.74) is 0.680. The SMILES string of the molecule is CCC1(c2ccc(F)c(NS(C)(=O)=O)c2)C2CN(CCCC3(O)CCCCC3)CC21. The summed E-state index contributed by atoms with van der Waals surface area (Å²) in [5.74, 6) is 0.539. The van der Waals surface area contributed by atoms with Crippen LogP contribution in [0.15, 0.2) is 18.2 Å². The van der Waals surface area contributed by atoms with Crippen LogP contribution in [0.5, 0.6) is 0 Å². The maximum Gasteiger partial charge on any atom is 0.229 e. The van der Waals surface area contributed by atoms with Gasteiger partial charge < -0.3 is 10.0 Å². The van der Waals surface area contributed by atoms with Crippen molar-refractivity contribution in [2.75, 3.05) is 30.6 Å². The number of benzene rings is 1. The molecule has 2 unspecified atom stereocenters. The van der Waals surface area contributed by atoms with Crippen molar-refractivity contribution in [2.24, 2.45) is 11.8 Å². The first kappa shape index (κ1) is 22.0. The van der Waals surface area contributed by atoms with E-state index in [2.05, 4.69) is 16.5 Å². The average molecular weight is 439 g/mol. The van der Waals surface area contributed by atoms with Crippen molar-refractivity contribution in [2.45, 2.75) is 69.3 Å². The zero-order valence-electron chi connectivity index (χ0n) is 18.2. The predicted octanol–water partition coefficient (Wildman–Crippen LogP) is 3.88. The second kappa shape index (κ2) is 8.06. The molecule has 7 heteroatoms. The van der Waals surface area contributed by atoms with Gasteiger partial charge in [0.05, 0.1) is 17.5 Å². The fraction of sp³-hybridized carbons (Fsp3) is 0.739. The first-order chi connectivity index (χ1) is 14.2. The Hall–Kier alpha value is -1.18. The number of anilines is 1. The summed E-state index contributed by atoms with van der Waals surface area (Å²) in [6.07, 6.45) is 9.40. The number of hydrogen-bond donors (Lipinski definition) is 2. The third-order valence-corrected chi connectivity index (χ3v) is 8.49. The number of sulfonamides is 1. The molecule has 30 heavy (non-hydrogen) atoms. The van der Waals surface area contributed by atoms with Crippen LogP contribution in [-0.4, -0.2) is 49.9 Å². The lowest BCUT2D eigenvalue weighted by Crippen LogP contribution is -2.34. The summed E-state index contributed by atoms with van der Waals surface area (Å²) in [5, 5.41) is 10.7. The molecule has 2 N–H and O–H groups in total. The van der Waals surface area contributed by atoms with Crippen molar-refractivity contribution in [1.82, 2.24) is 4.90 Å². The Morgan fingerprint density at radius 3 is 2.47 bits per heavy atom. The van der Waals surface area contributed by atoms with E-state index in [1.54, 1.807) is 6.07 Å². The molecule has 1 heterocycles. The molecule has 2 aliphatic carbocycles. The minimum absolute atomic E-state index is 0.0275. The zero-order chi connectivity index (χ0) is 21.6. The quantitative estimate of drug-likeness (QED) is 0.646. The van der Waals surface area contributed by atoms with E-state index in [0.29, 0.717) is 11.8 Å². The largest absolute Gasteiger partial charge is 0.390 e. The highest BCUT2D eigenvalue weighted by Gasteiger charge is 2.67. The van der Waals surface area contributed by atoms with Gasteiger partial charge in [-0.2, -0.15) is 0 Å². The van der Waals surface area contributed by atoms with E-state index in [9.17, 15) is 17.9 Å². The Kier molecular flexibility index (Phi) is 5.92. The fourth-order valence-electron chi connectivity index (χ4n) is 6.34. The topological polar surface area (TPSA) is 69.6 Å². The van der Waals surface area contributed by atoms with Gasteiger partial charge >= 0.3 is 0 Å². The van der Waals surface area contributed by atoms with Crippen LogP contribution in [0, 0.1) is 17.7 Å². The fourth-order valence-corrected chi connectivity index (χ4v) is 6.90. The molecule has 0 spiro atoms. The molecule has 0 aromatic heterocycles. The van der Waals surface area contributed by atoms with Crippen LogP contribution < -0.4 is 4.72 Å². The number of hydrogen-bond acceptors (Lipinski definition) is 4. The molecule has 1 saturated heterocycles. The van der Waals surface area contributed by atoms with Crippen molar-refractivity contribution in [3.05, 3.63) is 29.6 Å². The molecular weight excluding hydrogens is 403 g/mol. The lowest BCUT2D eigenvalue weighted by molar-refractivity contribution is -0.00722. The van der Waals surface area contributed by atoms with Gasteiger partial charge in [0.25, 0.3) is 0 Å². The van der Waals surface area contributed by atoms with E-state index in [4.69, 9.17) is 0 Å². The molecule has 168 valence electrons. The van der Waals surface area contributed by atoms with Crippen LogP contribution in [-0.2, 0) is 15.4 Å². The summed E-state index contributed by atoms with van der Waals surface area (Å²) < 4.78 is 39.6. The van der Waals surface area contributed by atoms with Crippen LogP contribution in [0.4, 0.5) is 10.1 Å². The monoisotopic (exact) mass is 438 g/mol. The first-order valence-electron chi connectivity index (χ1n) is 11.4. The Bertz CT molecular complexity index is 870. The van der Waals surface area contributed by atoms with E-state index < -0.39 is 21.4 Å². The van der Waals surface area contributed by atoms with Crippen LogP contribution in [0.3, 0.4) is 0 Å². The Balaban J connectivity index is 1.36. The summed E-state index contributed by atoms with van der Waals surface area (Å²) in [6, 6.07) is 4.91. The van der Waals surface area contributed by atoms with Gasteiger partial charge in [-0.05, 0) is 68.2 Å². The summed E-state index contributed by atoms with van der Waals surface area (Å²) in [6.45, 7) is 5.26. The van der Waals surface area contributed by atoms with E-state index in [0.717, 1.165) is 76.4 Å². The highest BCUT2D eigenvalue weighted by molar-refractivity contribution is 7.92. The van der Waals surface area contributed by atoms with Crippen LogP contribution in [0.1, 0.15) is 63.9 Å². The van der Waals surface area contributed by atoms with Gasteiger partial charge in [-0.1, -0.05) is 32.3 Å². The summed E-state index contributed by atoms with van der Waals surface area (Å²) >= 11 is 0. The number of fused-ring (bicyclic) bond motifs is 1. The minimum Gasteiger partial charge on any atom is -0.390 e. The number of aliphatic hydroxyl groups is 1. The van der Waals surface area contributed by atoms with Crippen molar-refractivity contribution in [3.8, 4) is 0 Å². The molecule has 4 rings (SSSR count). The van der Waals surface area contributed by atoms with E-state index in [1.165, 1.54) is 12.5 Å². The third kappa shape index (κ3) is 4.26. The van der Waals surface area contributed by atoms with Crippen LogP contribution in [0.2, 0.25) is 0 Å². The number of halogens is 1. The Labute approximate surface area is 180 Å². The number of nitrogens with one attached hydrogen (secondary N) is 1. The van der Waals surface area contributed by atoms with E-state index in [1.807, 2.05) is 6.07 Å². The molecule has 5 nitrogen and oxygen atoms in total. The highest BCUT2D eigenvalue weighted by Crippen LogP contribution is 2.65. The predicted molar refractivity (Wildman–Crippen MR) is 118 cm³/mol. The molecule has 1 aromatic rings. The highest BCUT2D eigenvalue weighted by atomic mass is 32.2. The Morgan fingerprint density at radius 2 is 1.87 bits per heavy atom.